The fourth-order valence-electron chi connectivity index (χ4n) is 2.87. The second-order valence-corrected chi connectivity index (χ2v) is 6.35. The van der Waals surface area contributed by atoms with Crippen LogP contribution in [0.5, 0.6) is 11.5 Å². The zero-order valence-corrected chi connectivity index (χ0v) is 15.6. The van der Waals surface area contributed by atoms with Crippen LogP contribution < -0.4 is 15.0 Å². The molecule has 1 heterocycles. The second kappa shape index (κ2) is 7.95. The van der Waals surface area contributed by atoms with Gasteiger partial charge in [-0.25, -0.2) is 0 Å². The minimum atomic E-state index is -0.197. The number of H-pyrrole nitrogens is 1. The van der Waals surface area contributed by atoms with Crippen molar-refractivity contribution < 1.29 is 14.3 Å². The summed E-state index contributed by atoms with van der Waals surface area (Å²) in [6, 6.07) is 14.6. The highest BCUT2D eigenvalue weighted by atomic mass is 16.5. The van der Waals surface area contributed by atoms with Crippen LogP contribution in [-0.4, -0.2) is 37.1 Å². The Kier molecular flexibility index (Phi) is 5.45. The Bertz CT molecular complexity index is 1010. The number of hydrogen-bond acceptors (Lipinski definition) is 4. The van der Waals surface area contributed by atoms with E-state index in [-0.39, 0.29) is 24.4 Å². The number of rotatable bonds is 6. The SMILES string of the molecule is COc1ccc(CC(=O)N(C)Cc2cc3cc(OC)ccc3[nH]c2=O)cc1. The Morgan fingerprint density at radius 1 is 1.00 bits per heavy atom. The molecule has 6 nitrogen and oxygen atoms in total. The highest BCUT2D eigenvalue weighted by molar-refractivity contribution is 5.81. The van der Waals surface area contributed by atoms with Crippen LogP contribution in [0.25, 0.3) is 10.9 Å². The van der Waals surface area contributed by atoms with Crippen molar-refractivity contribution in [1.82, 2.24) is 9.88 Å². The molecule has 0 atom stereocenters. The van der Waals surface area contributed by atoms with Crippen molar-refractivity contribution in [2.24, 2.45) is 0 Å². The third-order valence-electron chi connectivity index (χ3n) is 4.48. The predicted molar refractivity (Wildman–Crippen MR) is 104 cm³/mol. The van der Waals surface area contributed by atoms with Gasteiger partial charge in [-0.15, -0.1) is 0 Å². The predicted octanol–water partition coefficient (Wildman–Crippen LogP) is 2.75. The molecular weight excluding hydrogens is 344 g/mol. The molecule has 0 saturated heterocycles. The molecule has 3 rings (SSSR count). The fourth-order valence-corrected chi connectivity index (χ4v) is 2.87. The van der Waals surface area contributed by atoms with Crippen LogP contribution >= 0.6 is 0 Å². The van der Waals surface area contributed by atoms with Gasteiger partial charge in [-0.3, -0.25) is 9.59 Å². The number of carbonyl (C=O) groups is 1. The van der Waals surface area contributed by atoms with Crippen molar-refractivity contribution in [3.63, 3.8) is 0 Å². The minimum absolute atomic E-state index is 0.0645. The summed E-state index contributed by atoms with van der Waals surface area (Å²) in [4.78, 5) is 29.3. The van der Waals surface area contributed by atoms with Crippen molar-refractivity contribution in [3.8, 4) is 11.5 Å². The van der Waals surface area contributed by atoms with Gasteiger partial charge in [-0.05, 0) is 42.0 Å². The summed E-state index contributed by atoms with van der Waals surface area (Å²) in [6.07, 6.45) is 0.264. The fraction of sp³-hybridized carbons (Fsp3) is 0.238. The van der Waals surface area contributed by atoms with E-state index in [1.54, 1.807) is 44.4 Å². The number of likely N-dealkylation sites (N-methyl/N-ethyl adjacent to an activating group) is 1. The molecule has 0 aliphatic heterocycles. The summed E-state index contributed by atoms with van der Waals surface area (Å²) in [6.45, 7) is 0.234. The first-order valence-corrected chi connectivity index (χ1v) is 8.57. The van der Waals surface area contributed by atoms with Crippen LogP contribution in [0.1, 0.15) is 11.1 Å². The zero-order chi connectivity index (χ0) is 19.4. The Labute approximate surface area is 157 Å². The maximum absolute atomic E-state index is 12.5. The lowest BCUT2D eigenvalue weighted by atomic mass is 10.1. The van der Waals surface area contributed by atoms with Crippen LogP contribution in [0, 0.1) is 0 Å². The number of aromatic amines is 1. The van der Waals surface area contributed by atoms with Crippen LogP contribution in [0.4, 0.5) is 0 Å². The number of aromatic nitrogens is 1. The molecule has 0 fully saturated rings. The van der Waals surface area contributed by atoms with Crippen LogP contribution in [0.2, 0.25) is 0 Å². The van der Waals surface area contributed by atoms with Gasteiger partial charge in [0.05, 0.1) is 27.2 Å². The Balaban J connectivity index is 1.75. The molecule has 1 amide bonds. The van der Waals surface area contributed by atoms with E-state index in [0.717, 1.165) is 22.2 Å². The smallest absolute Gasteiger partial charge is 0.253 e. The number of fused-ring (bicyclic) bond motifs is 1. The van der Waals surface area contributed by atoms with Gasteiger partial charge in [-0.2, -0.15) is 0 Å². The van der Waals surface area contributed by atoms with E-state index in [1.807, 2.05) is 30.3 Å². The molecule has 0 aliphatic carbocycles. The van der Waals surface area contributed by atoms with E-state index in [2.05, 4.69) is 4.98 Å². The van der Waals surface area contributed by atoms with E-state index in [9.17, 15) is 9.59 Å². The lowest BCUT2D eigenvalue weighted by Gasteiger charge is -2.17. The molecule has 0 bridgehead atoms. The first-order valence-electron chi connectivity index (χ1n) is 8.57. The number of pyridine rings is 1. The molecule has 0 aliphatic rings. The molecule has 27 heavy (non-hydrogen) atoms. The highest BCUT2D eigenvalue weighted by Crippen LogP contribution is 2.19. The van der Waals surface area contributed by atoms with Crippen molar-refractivity contribution >= 4 is 16.8 Å². The molecule has 140 valence electrons. The quantitative estimate of drug-likeness (QED) is 0.728. The Morgan fingerprint density at radius 3 is 2.33 bits per heavy atom. The van der Waals surface area contributed by atoms with Gasteiger partial charge in [-0.1, -0.05) is 12.1 Å². The minimum Gasteiger partial charge on any atom is -0.497 e. The average Bonchev–Trinajstić information content (AvgIpc) is 2.68. The van der Waals surface area contributed by atoms with E-state index >= 15 is 0 Å². The lowest BCUT2D eigenvalue weighted by molar-refractivity contribution is -0.129. The number of nitrogens with zero attached hydrogens (tertiary/aromatic N) is 1. The van der Waals surface area contributed by atoms with E-state index in [4.69, 9.17) is 9.47 Å². The Hall–Kier alpha value is -3.28. The van der Waals surface area contributed by atoms with Crippen molar-refractivity contribution in [3.05, 3.63) is 70.0 Å². The lowest BCUT2D eigenvalue weighted by Crippen LogP contribution is -2.30. The molecule has 0 spiro atoms. The largest absolute Gasteiger partial charge is 0.497 e. The third-order valence-corrected chi connectivity index (χ3v) is 4.48. The van der Waals surface area contributed by atoms with Gasteiger partial charge >= 0.3 is 0 Å². The summed E-state index contributed by atoms with van der Waals surface area (Å²) >= 11 is 0. The maximum Gasteiger partial charge on any atom is 0.253 e. The van der Waals surface area contributed by atoms with Gasteiger partial charge in [0.2, 0.25) is 5.91 Å². The topological polar surface area (TPSA) is 71.6 Å². The summed E-state index contributed by atoms with van der Waals surface area (Å²) in [7, 11) is 4.89. The molecule has 1 N–H and O–H groups in total. The van der Waals surface area contributed by atoms with E-state index in [1.165, 1.54) is 0 Å². The number of amides is 1. The van der Waals surface area contributed by atoms with Crippen molar-refractivity contribution in [2.75, 3.05) is 21.3 Å². The molecule has 3 aromatic rings. The van der Waals surface area contributed by atoms with Gasteiger partial charge in [0.15, 0.2) is 0 Å². The monoisotopic (exact) mass is 366 g/mol. The molecule has 1 aromatic heterocycles. The molecule has 0 saturated carbocycles. The highest BCUT2D eigenvalue weighted by Gasteiger charge is 2.13. The average molecular weight is 366 g/mol. The van der Waals surface area contributed by atoms with Crippen molar-refractivity contribution in [2.45, 2.75) is 13.0 Å². The Morgan fingerprint density at radius 2 is 1.67 bits per heavy atom. The number of hydrogen-bond donors (Lipinski definition) is 1. The summed E-state index contributed by atoms with van der Waals surface area (Å²) in [5.74, 6) is 1.40. The van der Waals surface area contributed by atoms with E-state index < -0.39 is 0 Å². The number of methoxy groups -OCH3 is 2. The van der Waals surface area contributed by atoms with Gasteiger partial charge in [0, 0.05) is 23.5 Å². The first-order chi connectivity index (χ1) is 13.0. The molecule has 0 unspecified atom stereocenters. The summed E-state index contributed by atoms with van der Waals surface area (Å²) in [5.41, 5.74) is 1.96. The van der Waals surface area contributed by atoms with Gasteiger partial charge < -0.3 is 19.4 Å². The van der Waals surface area contributed by atoms with Gasteiger partial charge in [0.1, 0.15) is 11.5 Å². The zero-order valence-electron chi connectivity index (χ0n) is 15.6. The number of benzene rings is 2. The summed E-state index contributed by atoms with van der Waals surface area (Å²) in [5, 5.41) is 0.861. The maximum atomic E-state index is 12.5. The molecule has 6 heteroatoms. The van der Waals surface area contributed by atoms with Gasteiger partial charge in [0.25, 0.3) is 5.56 Å². The van der Waals surface area contributed by atoms with Crippen LogP contribution in [-0.2, 0) is 17.8 Å². The van der Waals surface area contributed by atoms with Crippen molar-refractivity contribution in [1.29, 1.82) is 0 Å². The normalized spacial score (nSPS) is 10.6. The standard InChI is InChI=1S/C21H22N2O4/c1-23(20(24)10-14-4-6-17(26-2)7-5-14)13-16-11-15-12-18(27-3)8-9-19(15)22-21(16)25/h4-9,11-12H,10,13H2,1-3H3,(H,22,25). The summed E-state index contributed by atoms with van der Waals surface area (Å²) < 4.78 is 10.4. The third kappa shape index (κ3) is 4.28. The number of nitrogens with one attached hydrogen (secondary N) is 1. The van der Waals surface area contributed by atoms with Crippen LogP contribution in [0.3, 0.4) is 0 Å². The molecular formula is C21H22N2O4. The number of carbonyl (C=O) groups excluding carboxylic acids is 1. The second-order valence-electron chi connectivity index (χ2n) is 6.35. The molecule has 0 radical (unpaired) electrons. The van der Waals surface area contributed by atoms with Crippen LogP contribution in [0.15, 0.2) is 53.3 Å². The van der Waals surface area contributed by atoms with E-state index in [0.29, 0.717) is 11.3 Å². The molecule has 2 aromatic carbocycles. The number of ether oxygens (including phenoxy) is 2. The first kappa shape index (κ1) is 18.5.